The lowest BCUT2D eigenvalue weighted by molar-refractivity contribution is 0.152. The molecule has 0 atom stereocenters. The summed E-state index contributed by atoms with van der Waals surface area (Å²) < 4.78 is 0. The van der Waals surface area contributed by atoms with Crippen LogP contribution in [0.5, 0.6) is 0 Å². The molecule has 0 saturated carbocycles. The predicted molar refractivity (Wildman–Crippen MR) is 102 cm³/mol. The first-order valence-electron chi connectivity index (χ1n) is 9.48. The molecule has 2 aliphatic rings. The molecule has 0 spiro atoms. The van der Waals surface area contributed by atoms with Crippen LogP contribution in [-0.2, 0) is 6.54 Å². The molecule has 3 heterocycles. The van der Waals surface area contributed by atoms with Crippen molar-refractivity contribution in [3.05, 3.63) is 48.2 Å². The van der Waals surface area contributed by atoms with Crippen LogP contribution in [0.3, 0.4) is 0 Å². The van der Waals surface area contributed by atoms with Crippen LogP contribution in [0.2, 0.25) is 0 Å². The highest BCUT2D eigenvalue weighted by Gasteiger charge is 2.27. The Morgan fingerprint density at radius 3 is 2.48 bits per heavy atom. The summed E-state index contributed by atoms with van der Waals surface area (Å²) in [7, 11) is 0. The van der Waals surface area contributed by atoms with Gasteiger partial charge in [-0.25, -0.2) is 4.98 Å². The van der Waals surface area contributed by atoms with Crippen molar-refractivity contribution in [3.63, 3.8) is 0 Å². The Morgan fingerprint density at radius 2 is 1.72 bits per heavy atom. The smallest absolute Gasteiger partial charge is 0.224 e. The van der Waals surface area contributed by atoms with E-state index in [0.717, 1.165) is 44.5 Å². The van der Waals surface area contributed by atoms with Gasteiger partial charge in [-0.05, 0) is 24.5 Å². The highest BCUT2D eigenvalue weighted by Crippen LogP contribution is 2.20. The third-order valence-corrected chi connectivity index (χ3v) is 5.11. The molecule has 0 unspecified atom stereocenters. The van der Waals surface area contributed by atoms with Crippen molar-refractivity contribution in [1.29, 1.82) is 0 Å². The van der Waals surface area contributed by atoms with Crippen LogP contribution in [0.25, 0.3) is 0 Å². The van der Waals surface area contributed by atoms with E-state index in [2.05, 4.69) is 50.4 Å². The maximum Gasteiger partial charge on any atom is 0.224 e. The van der Waals surface area contributed by atoms with Crippen molar-refractivity contribution < 1.29 is 0 Å². The van der Waals surface area contributed by atoms with E-state index in [-0.39, 0.29) is 0 Å². The van der Waals surface area contributed by atoms with Crippen LogP contribution in [-0.4, -0.2) is 47.1 Å². The van der Waals surface area contributed by atoms with E-state index < -0.39 is 0 Å². The molecule has 5 nitrogen and oxygen atoms in total. The molecule has 25 heavy (non-hydrogen) atoms. The summed E-state index contributed by atoms with van der Waals surface area (Å²) in [6, 6.07) is 13.1. The zero-order chi connectivity index (χ0) is 16.9. The van der Waals surface area contributed by atoms with Crippen molar-refractivity contribution >= 4 is 11.8 Å². The molecule has 5 heteroatoms. The van der Waals surface area contributed by atoms with Gasteiger partial charge in [0.05, 0.1) is 6.04 Å². The Kier molecular flexibility index (Phi) is 5.11. The van der Waals surface area contributed by atoms with Gasteiger partial charge in [-0.3, -0.25) is 4.90 Å². The van der Waals surface area contributed by atoms with Gasteiger partial charge < -0.3 is 10.2 Å². The molecule has 0 aliphatic carbocycles. The maximum absolute atomic E-state index is 4.75. The fraction of sp³-hybridized carbons (Fsp3) is 0.500. The Hall–Kier alpha value is -2.14. The number of nitrogens with zero attached hydrogens (tertiary/aromatic N) is 4. The molecular formula is C20H27N5. The summed E-state index contributed by atoms with van der Waals surface area (Å²) in [6.45, 7) is 5.35. The van der Waals surface area contributed by atoms with E-state index in [1.165, 1.54) is 31.2 Å². The quantitative estimate of drug-likeness (QED) is 0.908. The summed E-state index contributed by atoms with van der Waals surface area (Å²) >= 11 is 0. The van der Waals surface area contributed by atoms with E-state index in [1.807, 2.05) is 12.3 Å². The molecule has 2 aliphatic heterocycles. The summed E-state index contributed by atoms with van der Waals surface area (Å²) in [5.74, 6) is 1.84. The van der Waals surface area contributed by atoms with Crippen LogP contribution in [0.1, 0.15) is 31.2 Å². The molecule has 2 aromatic rings. The van der Waals surface area contributed by atoms with Crippen LogP contribution in [0.15, 0.2) is 42.6 Å². The number of rotatable bonds is 5. The molecule has 1 N–H and O–H groups in total. The number of anilines is 2. The van der Waals surface area contributed by atoms with Crippen LogP contribution < -0.4 is 10.2 Å². The van der Waals surface area contributed by atoms with Gasteiger partial charge in [0.25, 0.3) is 0 Å². The standard InChI is InChI=1S/C20H27N5/c1-2-7-13-25(12-6-1)19-10-11-21-20(23-19)22-18-15-24(16-18)14-17-8-4-3-5-9-17/h3-5,8-11,18H,1-2,6-7,12-16H2,(H,21,22,23). The van der Waals surface area contributed by atoms with Crippen molar-refractivity contribution in [3.8, 4) is 0 Å². The molecule has 132 valence electrons. The highest BCUT2D eigenvalue weighted by molar-refractivity contribution is 5.43. The zero-order valence-electron chi connectivity index (χ0n) is 14.8. The van der Waals surface area contributed by atoms with E-state index in [0.29, 0.717) is 6.04 Å². The first-order chi connectivity index (χ1) is 12.4. The minimum atomic E-state index is 0.447. The van der Waals surface area contributed by atoms with Crippen molar-refractivity contribution in [2.45, 2.75) is 38.3 Å². The summed E-state index contributed by atoms with van der Waals surface area (Å²) in [4.78, 5) is 14.0. The molecule has 4 rings (SSSR count). The first kappa shape index (κ1) is 16.3. The topological polar surface area (TPSA) is 44.3 Å². The third kappa shape index (κ3) is 4.28. The fourth-order valence-electron chi connectivity index (χ4n) is 3.71. The normalized spacial score (nSPS) is 19.3. The summed E-state index contributed by atoms with van der Waals surface area (Å²) in [6.07, 6.45) is 7.10. The molecular weight excluding hydrogens is 310 g/mol. The SMILES string of the molecule is c1ccc(CN2CC(Nc3nccc(N4CCCCCC4)n3)C2)cc1. The zero-order valence-corrected chi connectivity index (χ0v) is 14.8. The largest absolute Gasteiger partial charge is 0.356 e. The Labute approximate surface area is 150 Å². The van der Waals surface area contributed by atoms with Crippen molar-refractivity contribution in [2.24, 2.45) is 0 Å². The second-order valence-corrected chi connectivity index (χ2v) is 7.16. The van der Waals surface area contributed by atoms with Gasteiger partial charge in [-0.15, -0.1) is 0 Å². The van der Waals surface area contributed by atoms with Gasteiger partial charge in [0.15, 0.2) is 0 Å². The number of hydrogen-bond donors (Lipinski definition) is 1. The van der Waals surface area contributed by atoms with Gasteiger partial charge in [0, 0.05) is 38.9 Å². The second kappa shape index (κ2) is 7.83. The number of likely N-dealkylation sites (tertiary alicyclic amines) is 1. The van der Waals surface area contributed by atoms with Crippen LogP contribution >= 0.6 is 0 Å². The van der Waals surface area contributed by atoms with E-state index in [1.54, 1.807) is 0 Å². The van der Waals surface area contributed by atoms with E-state index >= 15 is 0 Å². The van der Waals surface area contributed by atoms with E-state index in [9.17, 15) is 0 Å². The van der Waals surface area contributed by atoms with Gasteiger partial charge in [0.2, 0.25) is 5.95 Å². The number of benzene rings is 1. The first-order valence-corrected chi connectivity index (χ1v) is 9.48. The number of nitrogens with one attached hydrogen (secondary N) is 1. The molecule has 1 aromatic carbocycles. The number of aromatic nitrogens is 2. The average molecular weight is 337 g/mol. The van der Waals surface area contributed by atoms with E-state index in [4.69, 9.17) is 4.98 Å². The predicted octanol–water partition coefficient (Wildman–Crippen LogP) is 3.15. The molecule has 0 radical (unpaired) electrons. The fourth-order valence-corrected chi connectivity index (χ4v) is 3.71. The van der Waals surface area contributed by atoms with Gasteiger partial charge in [0.1, 0.15) is 5.82 Å². The van der Waals surface area contributed by atoms with Crippen LogP contribution in [0.4, 0.5) is 11.8 Å². The lowest BCUT2D eigenvalue weighted by Crippen LogP contribution is -2.54. The molecule has 2 saturated heterocycles. The van der Waals surface area contributed by atoms with Gasteiger partial charge in [-0.1, -0.05) is 43.2 Å². The Bertz CT molecular complexity index is 661. The molecule has 0 amide bonds. The molecule has 1 aromatic heterocycles. The highest BCUT2D eigenvalue weighted by atomic mass is 15.3. The lowest BCUT2D eigenvalue weighted by Gasteiger charge is -2.39. The second-order valence-electron chi connectivity index (χ2n) is 7.16. The maximum atomic E-state index is 4.75. The van der Waals surface area contributed by atoms with Gasteiger partial charge >= 0.3 is 0 Å². The number of hydrogen-bond acceptors (Lipinski definition) is 5. The Balaban J connectivity index is 1.29. The minimum absolute atomic E-state index is 0.447. The summed E-state index contributed by atoms with van der Waals surface area (Å²) in [5.41, 5.74) is 1.38. The van der Waals surface area contributed by atoms with Crippen LogP contribution in [0, 0.1) is 0 Å². The summed E-state index contributed by atoms with van der Waals surface area (Å²) in [5, 5.41) is 3.50. The lowest BCUT2D eigenvalue weighted by atomic mass is 10.1. The molecule has 2 fully saturated rings. The van der Waals surface area contributed by atoms with Crippen molar-refractivity contribution in [2.75, 3.05) is 36.4 Å². The van der Waals surface area contributed by atoms with Crippen molar-refractivity contribution in [1.82, 2.24) is 14.9 Å². The minimum Gasteiger partial charge on any atom is -0.356 e. The third-order valence-electron chi connectivity index (χ3n) is 5.11. The average Bonchev–Trinajstić information content (AvgIpc) is 2.90. The molecule has 0 bridgehead atoms. The monoisotopic (exact) mass is 337 g/mol. The Morgan fingerprint density at radius 1 is 0.960 bits per heavy atom. The van der Waals surface area contributed by atoms with Gasteiger partial charge in [-0.2, -0.15) is 4.98 Å².